The van der Waals surface area contributed by atoms with Crippen LogP contribution in [0.1, 0.15) is 28.9 Å². The molecule has 0 aliphatic carbocycles. The molecule has 8 heteroatoms. The van der Waals surface area contributed by atoms with Crippen LogP contribution in [-0.4, -0.2) is 20.0 Å². The van der Waals surface area contributed by atoms with Gasteiger partial charge in [-0.05, 0) is 36.8 Å². The SMILES string of the molecule is CC(NC(=O)c1cn(C)c2c(=O)n(-c3ccc(F)cc3)c(=O)[nH]c12)c1ccccc1. The molecule has 0 radical (unpaired) electrons. The van der Waals surface area contributed by atoms with Gasteiger partial charge in [-0.1, -0.05) is 30.3 Å². The highest BCUT2D eigenvalue weighted by Gasteiger charge is 2.21. The molecule has 0 saturated carbocycles. The minimum Gasteiger partial charge on any atom is -0.345 e. The maximum absolute atomic E-state index is 13.2. The zero-order valence-corrected chi connectivity index (χ0v) is 16.3. The van der Waals surface area contributed by atoms with Crippen LogP contribution in [-0.2, 0) is 7.05 Å². The highest BCUT2D eigenvalue weighted by atomic mass is 19.1. The molecule has 4 rings (SSSR count). The molecule has 2 aromatic heterocycles. The summed E-state index contributed by atoms with van der Waals surface area (Å²) in [5.41, 5.74) is 0.358. The van der Waals surface area contributed by atoms with Crippen molar-refractivity contribution in [3.8, 4) is 5.69 Å². The van der Waals surface area contributed by atoms with Crippen molar-refractivity contribution in [2.75, 3.05) is 0 Å². The van der Waals surface area contributed by atoms with Crippen LogP contribution in [0.15, 0.2) is 70.4 Å². The van der Waals surface area contributed by atoms with E-state index in [2.05, 4.69) is 10.3 Å². The molecule has 0 bridgehead atoms. The average Bonchev–Trinajstić information content (AvgIpc) is 3.06. The number of aromatic nitrogens is 3. The Hall–Kier alpha value is -3.94. The summed E-state index contributed by atoms with van der Waals surface area (Å²) in [6.07, 6.45) is 1.50. The largest absolute Gasteiger partial charge is 0.345 e. The van der Waals surface area contributed by atoms with E-state index in [1.165, 1.54) is 35.0 Å². The lowest BCUT2D eigenvalue weighted by Crippen LogP contribution is -2.34. The van der Waals surface area contributed by atoms with Crippen LogP contribution in [0.5, 0.6) is 0 Å². The molecule has 1 atom stereocenters. The number of rotatable bonds is 4. The summed E-state index contributed by atoms with van der Waals surface area (Å²) < 4.78 is 15.6. The number of benzene rings is 2. The minimum absolute atomic E-state index is 0.156. The normalized spacial score (nSPS) is 12.1. The Labute approximate surface area is 170 Å². The topological polar surface area (TPSA) is 88.9 Å². The maximum atomic E-state index is 13.2. The standard InChI is InChI=1S/C22H19FN4O3/c1-13(14-6-4-3-5-7-14)24-20(28)17-12-26(2)19-18(17)25-22(30)27(21(19)29)16-10-8-15(23)9-11-16/h3-13H,1-2H3,(H,24,28)(H,25,30). The number of carbonyl (C=O) groups is 1. The Morgan fingerprint density at radius 2 is 1.73 bits per heavy atom. The second-order valence-corrected chi connectivity index (χ2v) is 7.03. The van der Waals surface area contributed by atoms with Gasteiger partial charge in [0.2, 0.25) is 0 Å². The van der Waals surface area contributed by atoms with Crippen LogP contribution in [0.3, 0.4) is 0 Å². The van der Waals surface area contributed by atoms with Crippen molar-refractivity contribution in [1.29, 1.82) is 0 Å². The molecule has 2 aromatic carbocycles. The summed E-state index contributed by atoms with van der Waals surface area (Å²) in [5.74, 6) is -0.888. The number of halogens is 1. The second-order valence-electron chi connectivity index (χ2n) is 7.03. The third-order valence-corrected chi connectivity index (χ3v) is 5.00. The molecule has 2 heterocycles. The summed E-state index contributed by atoms with van der Waals surface area (Å²) in [4.78, 5) is 41.2. The quantitative estimate of drug-likeness (QED) is 0.546. The Kier molecular flexibility index (Phi) is 4.83. The van der Waals surface area contributed by atoms with E-state index >= 15 is 0 Å². The molecule has 1 unspecified atom stereocenters. The fraction of sp³-hybridized carbons (Fsp3) is 0.136. The molecule has 152 valence electrons. The van der Waals surface area contributed by atoms with Gasteiger partial charge in [0.1, 0.15) is 11.3 Å². The number of hydrogen-bond acceptors (Lipinski definition) is 3. The molecular weight excluding hydrogens is 387 g/mol. The lowest BCUT2D eigenvalue weighted by molar-refractivity contribution is 0.0941. The van der Waals surface area contributed by atoms with Gasteiger partial charge in [-0.2, -0.15) is 0 Å². The summed E-state index contributed by atoms with van der Waals surface area (Å²) in [7, 11) is 1.62. The lowest BCUT2D eigenvalue weighted by atomic mass is 10.1. The van der Waals surface area contributed by atoms with Crippen LogP contribution in [0.25, 0.3) is 16.7 Å². The summed E-state index contributed by atoms with van der Waals surface area (Å²) in [6.45, 7) is 1.85. The molecule has 30 heavy (non-hydrogen) atoms. The van der Waals surface area contributed by atoms with Gasteiger partial charge in [-0.15, -0.1) is 0 Å². The van der Waals surface area contributed by atoms with E-state index in [-0.39, 0.29) is 28.3 Å². The third-order valence-electron chi connectivity index (χ3n) is 5.00. The number of carbonyl (C=O) groups excluding carboxylic acids is 1. The van der Waals surface area contributed by atoms with E-state index in [1.54, 1.807) is 7.05 Å². The molecular formula is C22H19FN4O3. The first-order valence-electron chi connectivity index (χ1n) is 9.33. The number of H-pyrrole nitrogens is 1. The van der Waals surface area contributed by atoms with Crippen LogP contribution < -0.4 is 16.6 Å². The van der Waals surface area contributed by atoms with Crippen LogP contribution in [0.2, 0.25) is 0 Å². The molecule has 0 aliphatic rings. The number of aromatic amines is 1. The molecule has 2 N–H and O–H groups in total. The van der Waals surface area contributed by atoms with E-state index in [9.17, 15) is 18.8 Å². The van der Waals surface area contributed by atoms with Gasteiger partial charge in [0.15, 0.2) is 0 Å². The van der Waals surface area contributed by atoms with Crippen molar-refractivity contribution in [1.82, 2.24) is 19.4 Å². The van der Waals surface area contributed by atoms with Gasteiger partial charge in [0.05, 0.1) is 22.8 Å². The summed E-state index contributed by atoms with van der Waals surface area (Å²) in [5, 5.41) is 2.88. The van der Waals surface area contributed by atoms with Crippen molar-refractivity contribution in [3.05, 3.63) is 98.6 Å². The number of fused-ring (bicyclic) bond motifs is 1. The third kappa shape index (κ3) is 3.32. The van der Waals surface area contributed by atoms with Gasteiger partial charge in [0.25, 0.3) is 11.5 Å². The van der Waals surface area contributed by atoms with E-state index in [0.29, 0.717) is 0 Å². The van der Waals surface area contributed by atoms with Gasteiger partial charge < -0.3 is 14.9 Å². The van der Waals surface area contributed by atoms with Gasteiger partial charge in [0, 0.05) is 13.2 Å². The zero-order valence-electron chi connectivity index (χ0n) is 16.3. The molecule has 0 aliphatic heterocycles. The van der Waals surface area contributed by atoms with E-state index in [4.69, 9.17) is 0 Å². The van der Waals surface area contributed by atoms with Crippen LogP contribution in [0.4, 0.5) is 4.39 Å². The number of hydrogen-bond donors (Lipinski definition) is 2. The van der Waals surface area contributed by atoms with Crippen molar-refractivity contribution in [3.63, 3.8) is 0 Å². The van der Waals surface area contributed by atoms with Gasteiger partial charge in [-0.3, -0.25) is 9.59 Å². The number of nitrogens with zero attached hydrogens (tertiary/aromatic N) is 2. The van der Waals surface area contributed by atoms with Crippen LogP contribution in [0, 0.1) is 5.82 Å². The minimum atomic E-state index is -0.713. The molecule has 0 saturated heterocycles. The first-order chi connectivity index (χ1) is 14.4. The van der Waals surface area contributed by atoms with Crippen molar-refractivity contribution in [2.45, 2.75) is 13.0 Å². The Balaban J connectivity index is 1.78. The monoisotopic (exact) mass is 406 g/mol. The average molecular weight is 406 g/mol. The van der Waals surface area contributed by atoms with Crippen LogP contribution >= 0.6 is 0 Å². The Morgan fingerprint density at radius 1 is 1.07 bits per heavy atom. The van der Waals surface area contributed by atoms with Crippen molar-refractivity contribution >= 4 is 16.9 Å². The first-order valence-corrected chi connectivity index (χ1v) is 9.33. The summed E-state index contributed by atoms with van der Waals surface area (Å²) in [6, 6.07) is 14.2. The second kappa shape index (κ2) is 7.47. The lowest BCUT2D eigenvalue weighted by Gasteiger charge is -2.13. The number of nitrogens with one attached hydrogen (secondary N) is 2. The van der Waals surface area contributed by atoms with E-state index in [1.807, 2.05) is 37.3 Å². The van der Waals surface area contributed by atoms with E-state index in [0.717, 1.165) is 10.1 Å². The predicted molar refractivity (Wildman–Crippen MR) is 111 cm³/mol. The molecule has 4 aromatic rings. The number of aryl methyl sites for hydroxylation is 1. The Bertz CT molecular complexity index is 1350. The predicted octanol–water partition coefficient (Wildman–Crippen LogP) is 2.65. The van der Waals surface area contributed by atoms with Crippen molar-refractivity contribution < 1.29 is 9.18 Å². The Morgan fingerprint density at radius 3 is 2.40 bits per heavy atom. The number of amides is 1. The molecule has 7 nitrogen and oxygen atoms in total. The molecule has 0 spiro atoms. The fourth-order valence-electron chi connectivity index (χ4n) is 3.47. The van der Waals surface area contributed by atoms with Crippen molar-refractivity contribution in [2.24, 2.45) is 7.05 Å². The zero-order chi connectivity index (χ0) is 21.4. The molecule has 0 fully saturated rings. The van der Waals surface area contributed by atoms with Gasteiger partial charge in [-0.25, -0.2) is 13.8 Å². The smallest absolute Gasteiger partial charge is 0.333 e. The maximum Gasteiger partial charge on any atom is 0.333 e. The fourth-order valence-corrected chi connectivity index (χ4v) is 3.47. The molecule has 1 amide bonds. The first kappa shape index (κ1) is 19.4. The highest BCUT2D eigenvalue weighted by molar-refractivity contribution is 6.05. The van der Waals surface area contributed by atoms with Gasteiger partial charge >= 0.3 is 5.69 Å². The summed E-state index contributed by atoms with van der Waals surface area (Å²) >= 11 is 0. The highest BCUT2D eigenvalue weighted by Crippen LogP contribution is 2.18. The van der Waals surface area contributed by atoms with E-state index < -0.39 is 23.0 Å².